The van der Waals surface area contributed by atoms with Gasteiger partial charge >= 0.3 is 0 Å². The third kappa shape index (κ3) is 3.50. The van der Waals surface area contributed by atoms with E-state index in [0.717, 1.165) is 12.1 Å². The Kier molecular flexibility index (Phi) is 4.91. The summed E-state index contributed by atoms with van der Waals surface area (Å²) in [6, 6.07) is 9.83. The van der Waals surface area contributed by atoms with Crippen LogP contribution in [0.15, 0.2) is 30.3 Å². The van der Waals surface area contributed by atoms with Crippen molar-refractivity contribution in [1.29, 1.82) is 0 Å². The number of benzene rings is 1. The van der Waals surface area contributed by atoms with Crippen LogP contribution in [0.1, 0.15) is 27.3 Å². The first kappa shape index (κ1) is 16.1. The van der Waals surface area contributed by atoms with E-state index in [4.69, 9.17) is 0 Å². The van der Waals surface area contributed by atoms with Gasteiger partial charge in [-0.3, -0.25) is 4.79 Å². The Morgan fingerprint density at radius 2 is 1.82 bits per heavy atom. The number of nitrogens with one attached hydrogen (secondary N) is 1. The molecule has 0 bridgehead atoms. The molecule has 0 aliphatic carbocycles. The summed E-state index contributed by atoms with van der Waals surface area (Å²) in [7, 11) is 6.04. The molecule has 0 radical (unpaired) electrons. The Morgan fingerprint density at radius 1 is 1.18 bits per heavy atom. The van der Waals surface area contributed by atoms with Gasteiger partial charge in [-0.25, -0.2) is 0 Å². The average molecular weight is 299 g/mol. The molecule has 0 atom stereocenters. The molecule has 1 heterocycles. The second-order valence-electron chi connectivity index (χ2n) is 5.90. The zero-order chi connectivity index (χ0) is 16.3. The topological polar surface area (TPSA) is 37.3 Å². The number of aromatic nitrogens is 1. The third-order valence-corrected chi connectivity index (χ3v) is 4.21. The molecule has 0 spiro atoms. The maximum absolute atomic E-state index is 12.1. The van der Waals surface area contributed by atoms with E-state index in [-0.39, 0.29) is 5.91 Å². The van der Waals surface area contributed by atoms with Crippen LogP contribution in [0.5, 0.6) is 0 Å². The molecule has 4 nitrogen and oxygen atoms in total. The van der Waals surface area contributed by atoms with E-state index >= 15 is 0 Å². The molecule has 0 fully saturated rings. The fourth-order valence-electron chi connectivity index (χ4n) is 2.51. The largest absolute Gasteiger partial charge is 0.378 e. The third-order valence-electron chi connectivity index (χ3n) is 4.21. The van der Waals surface area contributed by atoms with Crippen LogP contribution < -0.4 is 10.2 Å². The number of anilines is 1. The summed E-state index contributed by atoms with van der Waals surface area (Å²) in [6.07, 6.45) is 0.856. The van der Waals surface area contributed by atoms with Gasteiger partial charge in [-0.05, 0) is 56.2 Å². The highest BCUT2D eigenvalue weighted by atomic mass is 16.1. The lowest BCUT2D eigenvalue weighted by molar-refractivity contribution is 0.0954. The minimum absolute atomic E-state index is 0.0180. The van der Waals surface area contributed by atoms with Gasteiger partial charge in [-0.2, -0.15) is 0 Å². The number of amides is 1. The lowest BCUT2D eigenvalue weighted by atomic mass is 10.1. The van der Waals surface area contributed by atoms with Gasteiger partial charge in [0, 0.05) is 50.3 Å². The summed E-state index contributed by atoms with van der Waals surface area (Å²) in [6.45, 7) is 4.87. The molecule has 1 aromatic heterocycles. The minimum atomic E-state index is -0.0180. The normalized spacial score (nSPS) is 10.6. The van der Waals surface area contributed by atoms with Gasteiger partial charge in [0.1, 0.15) is 0 Å². The fourth-order valence-corrected chi connectivity index (χ4v) is 2.51. The number of rotatable bonds is 5. The SMILES string of the molecule is Cc1cc(CCNC(=O)c2ccc(N(C)C)cc2)c(C)n1C. The van der Waals surface area contributed by atoms with Gasteiger partial charge < -0.3 is 14.8 Å². The van der Waals surface area contributed by atoms with Crippen molar-refractivity contribution >= 4 is 11.6 Å². The van der Waals surface area contributed by atoms with Crippen molar-refractivity contribution in [3.8, 4) is 0 Å². The summed E-state index contributed by atoms with van der Waals surface area (Å²) >= 11 is 0. The molecule has 0 aliphatic rings. The van der Waals surface area contributed by atoms with Crippen molar-refractivity contribution in [3.63, 3.8) is 0 Å². The smallest absolute Gasteiger partial charge is 0.251 e. The van der Waals surface area contributed by atoms with Crippen molar-refractivity contribution < 1.29 is 4.79 Å². The highest BCUT2D eigenvalue weighted by Crippen LogP contribution is 2.14. The minimum Gasteiger partial charge on any atom is -0.378 e. The molecule has 118 valence electrons. The lowest BCUT2D eigenvalue weighted by Gasteiger charge is -2.12. The zero-order valence-corrected chi connectivity index (χ0v) is 14.1. The Bertz CT molecular complexity index is 654. The van der Waals surface area contributed by atoms with Crippen LogP contribution in [0.3, 0.4) is 0 Å². The summed E-state index contributed by atoms with van der Waals surface area (Å²) in [4.78, 5) is 14.2. The van der Waals surface area contributed by atoms with Gasteiger partial charge in [0.05, 0.1) is 0 Å². The number of carbonyl (C=O) groups excluding carboxylic acids is 1. The molecule has 1 aromatic carbocycles. The molecule has 0 saturated carbocycles. The molecular formula is C18H25N3O. The van der Waals surface area contributed by atoms with Gasteiger partial charge in [0.15, 0.2) is 0 Å². The highest BCUT2D eigenvalue weighted by Gasteiger charge is 2.08. The molecule has 1 amide bonds. The number of hydrogen-bond acceptors (Lipinski definition) is 2. The van der Waals surface area contributed by atoms with E-state index < -0.39 is 0 Å². The summed E-state index contributed by atoms with van der Waals surface area (Å²) in [5.74, 6) is -0.0180. The Labute approximate surface area is 132 Å². The standard InChI is InChI=1S/C18H25N3O/c1-13-12-16(14(2)21(13)5)10-11-19-18(22)15-6-8-17(9-7-15)20(3)4/h6-9,12H,10-11H2,1-5H3,(H,19,22). The second-order valence-corrected chi connectivity index (χ2v) is 5.90. The molecule has 0 aliphatic heterocycles. The van der Waals surface area contributed by atoms with Crippen LogP contribution in [0.2, 0.25) is 0 Å². The summed E-state index contributed by atoms with van der Waals surface area (Å²) < 4.78 is 2.18. The first-order valence-corrected chi connectivity index (χ1v) is 7.57. The number of hydrogen-bond donors (Lipinski definition) is 1. The molecule has 22 heavy (non-hydrogen) atoms. The zero-order valence-electron chi connectivity index (χ0n) is 14.1. The van der Waals surface area contributed by atoms with Crippen LogP contribution in [0, 0.1) is 13.8 Å². The Hall–Kier alpha value is -2.23. The van der Waals surface area contributed by atoms with Crippen LogP contribution >= 0.6 is 0 Å². The van der Waals surface area contributed by atoms with E-state index in [1.54, 1.807) is 0 Å². The lowest BCUT2D eigenvalue weighted by Crippen LogP contribution is -2.25. The van der Waals surface area contributed by atoms with Gasteiger partial charge in [-0.15, -0.1) is 0 Å². The van der Waals surface area contributed by atoms with Gasteiger partial charge in [0.2, 0.25) is 0 Å². The monoisotopic (exact) mass is 299 g/mol. The van der Waals surface area contributed by atoms with Crippen molar-refractivity contribution in [2.45, 2.75) is 20.3 Å². The van der Waals surface area contributed by atoms with Gasteiger partial charge in [-0.1, -0.05) is 0 Å². The van der Waals surface area contributed by atoms with Crippen molar-refractivity contribution in [2.75, 3.05) is 25.5 Å². The maximum Gasteiger partial charge on any atom is 0.251 e. The number of carbonyl (C=O) groups is 1. The van der Waals surface area contributed by atoms with E-state index in [0.29, 0.717) is 12.1 Å². The van der Waals surface area contributed by atoms with Crippen LogP contribution in [0.4, 0.5) is 5.69 Å². The average Bonchev–Trinajstić information content (AvgIpc) is 2.74. The predicted octanol–water partition coefficient (Wildman–Crippen LogP) is 2.68. The number of aryl methyl sites for hydroxylation is 1. The van der Waals surface area contributed by atoms with Crippen LogP contribution in [-0.4, -0.2) is 31.1 Å². The van der Waals surface area contributed by atoms with E-state index in [9.17, 15) is 4.79 Å². The molecule has 0 unspecified atom stereocenters. The van der Waals surface area contributed by atoms with Crippen LogP contribution in [-0.2, 0) is 13.5 Å². The van der Waals surface area contributed by atoms with Crippen molar-refractivity contribution in [1.82, 2.24) is 9.88 Å². The van der Waals surface area contributed by atoms with Gasteiger partial charge in [0.25, 0.3) is 5.91 Å². The quantitative estimate of drug-likeness (QED) is 0.921. The van der Waals surface area contributed by atoms with E-state index in [1.165, 1.54) is 17.0 Å². The molecule has 4 heteroatoms. The first-order chi connectivity index (χ1) is 10.4. The summed E-state index contributed by atoms with van der Waals surface area (Å²) in [5, 5.41) is 2.99. The first-order valence-electron chi connectivity index (χ1n) is 7.57. The second kappa shape index (κ2) is 6.69. The fraction of sp³-hybridized carbons (Fsp3) is 0.389. The molecular weight excluding hydrogens is 274 g/mol. The predicted molar refractivity (Wildman–Crippen MR) is 91.7 cm³/mol. The highest BCUT2D eigenvalue weighted by molar-refractivity contribution is 5.94. The Balaban J connectivity index is 1.91. The molecule has 0 saturated heterocycles. The maximum atomic E-state index is 12.1. The van der Waals surface area contributed by atoms with E-state index in [1.807, 2.05) is 43.3 Å². The van der Waals surface area contributed by atoms with Crippen molar-refractivity contribution in [2.24, 2.45) is 7.05 Å². The molecule has 2 rings (SSSR count). The molecule has 1 N–H and O–H groups in total. The van der Waals surface area contributed by atoms with Crippen molar-refractivity contribution in [3.05, 3.63) is 52.8 Å². The Morgan fingerprint density at radius 3 is 2.32 bits per heavy atom. The number of nitrogens with zero attached hydrogens (tertiary/aromatic N) is 2. The molecule has 2 aromatic rings. The van der Waals surface area contributed by atoms with Crippen LogP contribution in [0.25, 0.3) is 0 Å². The summed E-state index contributed by atoms with van der Waals surface area (Å²) in [5.41, 5.74) is 5.60. The van der Waals surface area contributed by atoms with E-state index in [2.05, 4.69) is 36.8 Å².